The predicted molar refractivity (Wildman–Crippen MR) is 115 cm³/mol. The Morgan fingerprint density at radius 1 is 1.18 bits per heavy atom. The molecule has 0 bridgehead atoms. The van der Waals surface area contributed by atoms with Crippen molar-refractivity contribution in [1.82, 2.24) is 4.90 Å². The molecule has 1 N–H and O–H groups in total. The number of carbonyl (C=O) groups is 2. The lowest BCUT2D eigenvalue weighted by atomic mass is 10.1. The standard InChI is InChI=1S/C21H21BrN2O3S/c1-3-12-24(14(2)15-7-4-5-8-16(15)22)21(26)18-10-11-19(28-18)23-20(25)17-9-6-13-27-17/h4-11,13-14H,3,12H2,1-2H3,(H,23,25)/t14-/m0/s1. The van der Waals surface area contributed by atoms with E-state index in [1.165, 1.54) is 17.6 Å². The summed E-state index contributed by atoms with van der Waals surface area (Å²) >= 11 is 4.84. The molecule has 146 valence electrons. The summed E-state index contributed by atoms with van der Waals surface area (Å²) in [6, 6.07) is 14.6. The second-order valence-corrected chi connectivity index (χ2v) is 8.23. The van der Waals surface area contributed by atoms with Gasteiger partial charge in [0.25, 0.3) is 11.8 Å². The molecule has 3 rings (SSSR count). The van der Waals surface area contributed by atoms with Crippen LogP contribution in [0.1, 0.15) is 52.1 Å². The highest BCUT2D eigenvalue weighted by Gasteiger charge is 2.25. The zero-order chi connectivity index (χ0) is 20.1. The van der Waals surface area contributed by atoms with Crippen molar-refractivity contribution in [3.05, 3.63) is 75.5 Å². The van der Waals surface area contributed by atoms with Crippen LogP contribution in [0.2, 0.25) is 0 Å². The molecule has 2 amide bonds. The Bertz CT molecular complexity index is 952. The molecule has 1 aromatic carbocycles. The number of anilines is 1. The molecule has 0 saturated carbocycles. The lowest BCUT2D eigenvalue weighted by molar-refractivity contribution is 0.0695. The smallest absolute Gasteiger partial charge is 0.291 e. The van der Waals surface area contributed by atoms with Crippen LogP contribution in [0.3, 0.4) is 0 Å². The molecular weight excluding hydrogens is 440 g/mol. The monoisotopic (exact) mass is 460 g/mol. The maximum atomic E-state index is 13.2. The van der Waals surface area contributed by atoms with E-state index in [-0.39, 0.29) is 23.6 Å². The van der Waals surface area contributed by atoms with Gasteiger partial charge in [-0.2, -0.15) is 0 Å². The third-order valence-electron chi connectivity index (χ3n) is 4.35. The number of hydrogen-bond donors (Lipinski definition) is 1. The van der Waals surface area contributed by atoms with Gasteiger partial charge < -0.3 is 14.6 Å². The molecule has 0 aliphatic rings. The number of carbonyl (C=O) groups excluding carboxylic acids is 2. The molecule has 2 heterocycles. The SMILES string of the molecule is CCCN(C(=O)c1ccc(NC(=O)c2ccco2)s1)[C@@H](C)c1ccccc1Br. The summed E-state index contributed by atoms with van der Waals surface area (Å²) in [6.07, 6.45) is 2.30. The predicted octanol–water partition coefficient (Wildman–Crippen LogP) is 5.97. The van der Waals surface area contributed by atoms with Crippen molar-refractivity contribution in [1.29, 1.82) is 0 Å². The van der Waals surface area contributed by atoms with Crippen LogP contribution in [0.4, 0.5) is 5.00 Å². The molecule has 0 aliphatic carbocycles. The second-order valence-electron chi connectivity index (χ2n) is 6.29. The van der Waals surface area contributed by atoms with Crippen molar-refractivity contribution in [2.24, 2.45) is 0 Å². The number of nitrogens with one attached hydrogen (secondary N) is 1. The largest absolute Gasteiger partial charge is 0.459 e. The Morgan fingerprint density at radius 2 is 1.96 bits per heavy atom. The summed E-state index contributed by atoms with van der Waals surface area (Å²) in [5.74, 6) is -0.150. The molecule has 1 atom stereocenters. The summed E-state index contributed by atoms with van der Waals surface area (Å²) in [4.78, 5) is 27.8. The fourth-order valence-electron chi connectivity index (χ4n) is 2.94. The molecule has 0 aliphatic heterocycles. The normalized spacial score (nSPS) is 11.8. The quantitative estimate of drug-likeness (QED) is 0.472. The number of benzene rings is 1. The van der Waals surface area contributed by atoms with Gasteiger partial charge in [0.2, 0.25) is 0 Å². The molecule has 3 aromatic rings. The molecule has 0 unspecified atom stereocenters. The maximum Gasteiger partial charge on any atom is 0.291 e. The highest BCUT2D eigenvalue weighted by atomic mass is 79.9. The Labute approximate surface area is 176 Å². The Morgan fingerprint density at radius 3 is 2.64 bits per heavy atom. The first-order chi connectivity index (χ1) is 13.5. The molecule has 2 aromatic heterocycles. The van der Waals surface area contributed by atoms with E-state index in [1.54, 1.807) is 24.3 Å². The molecule has 0 fully saturated rings. The average Bonchev–Trinajstić information content (AvgIpc) is 3.37. The van der Waals surface area contributed by atoms with Crippen LogP contribution in [0, 0.1) is 0 Å². The van der Waals surface area contributed by atoms with E-state index >= 15 is 0 Å². The Balaban J connectivity index is 1.77. The number of nitrogens with zero attached hydrogens (tertiary/aromatic N) is 1. The highest BCUT2D eigenvalue weighted by Crippen LogP contribution is 2.31. The van der Waals surface area contributed by atoms with Crippen LogP contribution in [0.25, 0.3) is 0 Å². The number of halogens is 1. The summed E-state index contributed by atoms with van der Waals surface area (Å²) in [6.45, 7) is 4.73. The van der Waals surface area contributed by atoms with Gasteiger partial charge in [-0.15, -0.1) is 11.3 Å². The van der Waals surface area contributed by atoms with Crippen molar-refractivity contribution in [2.75, 3.05) is 11.9 Å². The Hall–Kier alpha value is -2.38. The summed E-state index contributed by atoms with van der Waals surface area (Å²) < 4.78 is 6.08. The van der Waals surface area contributed by atoms with Crippen LogP contribution in [-0.2, 0) is 0 Å². The van der Waals surface area contributed by atoms with Crippen LogP contribution in [-0.4, -0.2) is 23.3 Å². The highest BCUT2D eigenvalue weighted by molar-refractivity contribution is 9.10. The van der Waals surface area contributed by atoms with Crippen molar-refractivity contribution >= 4 is 44.1 Å². The van der Waals surface area contributed by atoms with Crippen LogP contribution in [0.5, 0.6) is 0 Å². The lowest BCUT2D eigenvalue weighted by Gasteiger charge is -2.29. The first-order valence-electron chi connectivity index (χ1n) is 9.01. The van der Waals surface area contributed by atoms with E-state index in [0.29, 0.717) is 16.4 Å². The lowest BCUT2D eigenvalue weighted by Crippen LogP contribution is -2.34. The molecule has 0 radical (unpaired) electrons. The van der Waals surface area contributed by atoms with Gasteiger partial charge >= 0.3 is 0 Å². The van der Waals surface area contributed by atoms with Gasteiger partial charge in [-0.3, -0.25) is 9.59 Å². The summed E-state index contributed by atoms with van der Waals surface area (Å²) in [7, 11) is 0. The third-order valence-corrected chi connectivity index (χ3v) is 6.06. The van der Waals surface area contributed by atoms with E-state index in [2.05, 4.69) is 28.2 Å². The van der Waals surface area contributed by atoms with Gasteiger partial charge in [0.1, 0.15) is 0 Å². The zero-order valence-electron chi connectivity index (χ0n) is 15.6. The van der Waals surface area contributed by atoms with E-state index in [9.17, 15) is 9.59 Å². The molecule has 0 spiro atoms. The topological polar surface area (TPSA) is 62.6 Å². The molecular formula is C21H21BrN2O3S. The van der Waals surface area contributed by atoms with E-state index in [4.69, 9.17) is 4.42 Å². The van der Waals surface area contributed by atoms with Gasteiger partial charge in [-0.25, -0.2) is 0 Å². The van der Waals surface area contributed by atoms with Crippen molar-refractivity contribution in [3.63, 3.8) is 0 Å². The van der Waals surface area contributed by atoms with Crippen molar-refractivity contribution in [2.45, 2.75) is 26.3 Å². The van der Waals surface area contributed by atoms with Crippen LogP contribution < -0.4 is 5.32 Å². The maximum absolute atomic E-state index is 13.2. The molecule has 28 heavy (non-hydrogen) atoms. The molecule has 0 saturated heterocycles. The minimum atomic E-state index is -0.335. The molecule has 7 heteroatoms. The van der Waals surface area contributed by atoms with Crippen LogP contribution in [0.15, 0.2) is 63.7 Å². The number of rotatable bonds is 7. The van der Waals surface area contributed by atoms with Gasteiger partial charge in [0, 0.05) is 11.0 Å². The first-order valence-corrected chi connectivity index (χ1v) is 10.6. The third kappa shape index (κ3) is 4.54. The van der Waals surface area contributed by atoms with Crippen LogP contribution >= 0.6 is 27.3 Å². The Kier molecular flexibility index (Phi) is 6.70. The fourth-order valence-corrected chi connectivity index (χ4v) is 4.41. The average molecular weight is 461 g/mol. The van der Waals surface area contributed by atoms with E-state index in [0.717, 1.165) is 16.5 Å². The van der Waals surface area contributed by atoms with Gasteiger partial charge in [0.15, 0.2) is 5.76 Å². The fraction of sp³-hybridized carbons (Fsp3) is 0.238. The second kappa shape index (κ2) is 9.21. The van der Waals surface area contributed by atoms with Crippen molar-refractivity contribution < 1.29 is 14.0 Å². The van der Waals surface area contributed by atoms with E-state index < -0.39 is 0 Å². The van der Waals surface area contributed by atoms with Gasteiger partial charge in [0.05, 0.1) is 22.2 Å². The van der Waals surface area contributed by atoms with Gasteiger partial charge in [-0.05, 0) is 49.2 Å². The zero-order valence-corrected chi connectivity index (χ0v) is 18.0. The minimum absolute atomic E-state index is 0.0476. The minimum Gasteiger partial charge on any atom is -0.459 e. The number of amides is 2. The summed E-state index contributed by atoms with van der Waals surface area (Å²) in [5.41, 5.74) is 1.06. The number of hydrogen-bond acceptors (Lipinski definition) is 4. The summed E-state index contributed by atoms with van der Waals surface area (Å²) in [5, 5.41) is 3.37. The first kappa shape index (κ1) is 20.4. The number of furan rings is 1. The van der Waals surface area contributed by atoms with E-state index in [1.807, 2.05) is 36.1 Å². The molecule has 5 nitrogen and oxygen atoms in total. The number of thiophene rings is 1. The van der Waals surface area contributed by atoms with Crippen molar-refractivity contribution in [3.8, 4) is 0 Å². The van der Waals surface area contributed by atoms with Gasteiger partial charge in [-0.1, -0.05) is 41.1 Å².